The summed E-state index contributed by atoms with van der Waals surface area (Å²) in [6, 6.07) is 17.9. The summed E-state index contributed by atoms with van der Waals surface area (Å²) in [5, 5.41) is 2.55. The second kappa shape index (κ2) is 9.93. The third-order valence-corrected chi connectivity index (χ3v) is 3.42. The zero-order chi connectivity index (χ0) is 17.9. The molecule has 0 radical (unpaired) electrons. The van der Waals surface area contributed by atoms with E-state index in [0.717, 1.165) is 11.1 Å². The fourth-order valence-electron chi connectivity index (χ4n) is 2.19. The van der Waals surface area contributed by atoms with E-state index in [1.54, 1.807) is 0 Å². The molecule has 25 heavy (non-hydrogen) atoms. The summed E-state index contributed by atoms with van der Waals surface area (Å²) < 4.78 is 10.2. The molecule has 2 aromatic rings. The third kappa shape index (κ3) is 6.51. The molecule has 1 unspecified atom stereocenters. The highest BCUT2D eigenvalue weighted by Gasteiger charge is 2.23. The van der Waals surface area contributed by atoms with Gasteiger partial charge in [-0.15, -0.1) is 0 Å². The minimum atomic E-state index is -0.830. The van der Waals surface area contributed by atoms with Crippen LogP contribution in [0, 0.1) is 0 Å². The van der Waals surface area contributed by atoms with Crippen molar-refractivity contribution in [3.63, 3.8) is 0 Å². The number of ether oxygens (including phenoxy) is 2. The number of rotatable bonds is 8. The molecule has 1 amide bonds. The lowest BCUT2D eigenvalue weighted by Crippen LogP contribution is -2.43. The Labute approximate surface area is 147 Å². The van der Waals surface area contributed by atoms with Gasteiger partial charge in [-0.3, -0.25) is 0 Å². The van der Waals surface area contributed by atoms with Crippen molar-refractivity contribution in [3.8, 4) is 0 Å². The second-order valence-corrected chi connectivity index (χ2v) is 5.37. The van der Waals surface area contributed by atoms with Crippen LogP contribution in [0.5, 0.6) is 0 Å². The van der Waals surface area contributed by atoms with Crippen LogP contribution in [0.3, 0.4) is 0 Å². The largest absolute Gasteiger partial charge is 0.459 e. The Bertz CT molecular complexity index is 685. The van der Waals surface area contributed by atoms with Gasteiger partial charge in [0, 0.05) is 6.42 Å². The maximum Gasteiger partial charge on any atom is 0.408 e. The number of amides is 1. The van der Waals surface area contributed by atoms with Gasteiger partial charge in [0.15, 0.2) is 0 Å². The molecule has 0 aliphatic rings. The first-order valence-corrected chi connectivity index (χ1v) is 7.97. The summed E-state index contributed by atoms with van der Waals surface area (Å²) in [5.41, 5.74) is 1.79. The minimum absolute atomic E-state index is 0.0724. The minimum Gasteiger partial charge on any atom is -0.459 e. The molecule has 0 spiro atoms. The smallest absolute Gasteiger partial charge is 0.408 e. The Balaban J connectivity index is 1.99. The summed E-state index contributed by atoms with van der Waals surface area (Å²) in [6.07, 6.45) is 1.09. The van der Waals surface area contributed by atoms with Crippen molar-refractivity contribution in [2.24, 2.45) is 0 Å². The maximum atomic E-state index is 12.4. The molecule has 0 saturated carbocycles. The van der Waals surface area contributed by atoms with E-state index in [1.165, 1.54) is 6.08 Å². The van der Waals surface area contributed by atoms with Gasteiger partial charge in [-0.2, -0.15) is 0 Å². The monoisotopic (exact) mass is 339 g/mol. The molecule has 0 aliphatic carbocycles. The van der Waals surface area contributed by atoms with Crippen molar-refractivity contribution in [2.75, 3.05) is 6.61 Å². The van der Waals surface area contributed by atoms with Gasteiger partial charge in [0.05, 0.1) is 0 Å². The fraction of sp³-hybridized carbons (Fsp3) is 0.200. The van der Waals surface area contributed by atoms with E-state index in [2.05, 4.69) is 11.9 Å². The van der Waals surface area contributed by atoms with Gasteiger partial charge < -0.3 is 14.8 Å². The molecule has 0 heterocycles. The van der Waals surface area contributed by atoms with E-state index in [4.69, 9.17) is 9.47 Å². The predicted octanol–water partition coefficient (Wildman–Crippen LogP) is 3.25. The number of hydrogen-bond acceptors (Lipinski definition) is 4. The van der Waals surface area contributed by atoms with Crippen LogP contribution in [0.4, 0.5) is 4.79 Å². The first-order chi connectivity index (χ1) is 12.2. The van der Waals surface area contributed by atoms with Gasteiger partial charge in [0.25, 0.3) is 0 Å². The predicted molar refractivity (Wildman–Crippen MR) is 94.9 cm³/mol. The Morgan fingerprint density at radius 3 is 2.16 bits per heavy atom. The summed E-state index contributed by atoms with van der Waals surface area (Å²) in [7, 11) is 0. The van der Waals surface area contributed by atoms with Gasteiger partial charge in [-0.25, -0.2) is 9.59 Å². The normalized spacial score (nSPS) is 11.2. The van der Waals surface area contributed by atoms with Crippen molar-refractivity contribution in [1.82, 2.24) is 5.32 Å². The van der Waals surface area contributed by atoms with Gasteiger partial charge >= 0.3 is 12.1 Å². The molecule has 5 heteroatoms. The zero-order valence-corrected chi connectivity index (χ0v) is 13.9. The van der Waals surface area contributed by atoms with Crippen molar-refractivity contribution in [2.45, 2.75) is 19.1 Å². The number of carbonyl (C=O) groups is 2. The van der Waals surface area contributed by atoms with Crippen LogP contribution in [0.2, 0.25) is 0 Å². The number of benzene rings is 2. The summed E-state index contributed by atoms with van der Waals surface area (Å²) in [5.74, 6) is -0.511. The van der Waals surface area contributed by atoms with E-state index < -0.39 is 18.1 Å². The Morgan fingerprint density at radius 2 is 1.56 bits per heavy atom. The number of alkyl carbamates (subject to hydrolysis) is 1. The van der Waals surface area contributed by atoms with Gasteiger partial charge in [0.2, 0.25) is 0 Å². The van der Waals surface area contributed by atoms with Gasteiger partial charge in [0.1, 0.15) is 19.3 Å². The molecule has 1 atom stereocenters. The van der Waals surface area contributed by atoms with E-state index in [9.17, 15) is 9.59 Å². The number of nitrogens with one attached hydrogen (secondary N) is 1. The van der Waals surface area contributed by atoms with E-state index in [0.29, 0.717) is 6.42 Å². The first-order valence-electron chi connectivity index (χ1n) is 7.97. The lowest BCUT2D eigenvalue weighted by Gasteiger charge is -2.17. The molecule has 0 saturated heterocycles. The maximum absolute atomic E-state index is 12.4. The van der Waals surface area contributed by atoms with Gasteiger partial charge in [-0.05, 0) is 11.1 Å². The Kier molecular flexibility index (Phi) is 7.25. The van der Waals surface area contributed by atoms with Crippen LogP contribution in [-0.2, 0) is 27.3 Å². The average molecular weight is 339 g/mol. The summed E-state index contributed by atoms with van der Waals surface area (Å²) in [4.78, 5) is 24.2. The zero-order valence-electron chi connectivity index (χ0n) is 13.9. The van der Waals surface area contributed by atoms with Crippen LogP contribution >= 0.6 is 0 Å². The average Bonchev–Trinajstić information content (AvgIpc) is 2.65. The van der Waals surface area contributed by atoms with Crippen LogP contribution in [0.15, 0.2) is 73.3 Å². The standard InChI is InChI=1S/C20H21NO4/c1-2-13-24-20(23)21-18(14-16-9-5-3-6-10-16)19(22)25-15-17-11-7-4-8-12-17/h2-12,18H,1,13-15H2,(H,21,23). The van der Waals surface area contributed by atoms with Crippen LogP contribution < -0.4 is 5.32 Å². The van der Waals surface area contributed by atoms with Crippen molar-refractivity contribution in [3.05, 3.63) is 84.4 Å². The van der Waals surface area contributed by atoms with Crippen molar-refractivity contribution in [1.29, 1.82) is 0 Å². The SMILES string of the molecule is C=CCOC(=O)NC(Cc1ccccc1)C(=O)OCc1ccccc1. The molecule has 130 valence electrons. The topological polar surface area (TPSA) is 64.6 Å². The fourth-order valence-corrected chi connectivity index (χ4v) is 2.19. The summed E-state index contributed by atoms with van der Waals surface area (Å²) in [6.45, 7) is 3.70. The highest BCUT2D eigenvalue weighted by atomic mass is 16.6. The summed E-state index contributed by atoms with van der Waals surface area (Å²) >= 11 is 0. The van der Waals surface area contributed by atoms with Crippen LogP contribution in [0.1, 0.15) is 11.1 Å². The van der Waals surface area contributed by atoms with Crippen LogP contribution in [-0.4, -0.2) is 24.7 Å². The molecule has 0 aromatic heterocycles. The first kappa shape index (κ1) is 18.3. The van der Waals surface area contributed by atoms with Crippen molar-refractivity contribution < 1.29 is 19.1 Å². The van der Waals surface area contributed by atoms with E-state index in [-0.39, 0.29) is 13.2 Å². The Hall–Kier alpha value is -3.08. The van der Waals surface area contributed by atoms with E-state index >= 15 is 0 Å². The molecular formula is C20H21NO4. The molecule has 1 N–H and O–H groups in total. The number of hydrogen-bond donors (Lipinski definition) is 1. The Morgan fingerprint density at radius 1 is 0.960 bits per heavy atom. The van der Waals surface area contributed by atoms with Crippen molar-refractivity contribution >= 4 is 12.1 Å². The molecule has 0 bridgehead atoms. The van der Waals surface area contributed by atoms with E-state index in [1.807, 2.05) is 60.7 Å². The highest BCUT2D eigenvalue weighted by Crippen LogP contribution is 2.07. The van der Waals surface area contributed by atoms with Gasteiger partial charge in [-0.1, -0.05) is 73.3 Å². The molecule has 0 fully saturated rings. The number of esters is 1. The molecule has 0 aliphatic heterocycles. The third-order valence-electron chi connectivity index (χ3n) is 3.42. The molecular weight excluding hydrogens is 318 g/mol. The second-order valence-electron chi connectivity index (χ2n) is 5.37. The number of carbonyl (C=O) groups excluding carboxylic acids is 2. The lowest BCUT2D eigenvalue weighted by molar-refractivity contribution is -0.147. The quantitative estimate of drug-likeness (QED) is 0.592. The molecule has 5 nitrogen and oxygen atoms in total. The lowest BCUT2D eigenvalue weighted by atomic mass is 10.1. The molecule has 2 aromatic carbocycles. The van der Waals surface area contributed by atoms with Crippen LogP contribution in [0.25, 0.3) is 0 Å². The highest BCUT2D eigenvalue weighted by molar-refractivity contribution is 5.81. The molecule has 2 rings (SSSR count).